The first kappa shape index (κ1) is 27.6. The van der Waals surface area contributed by atoms with Crippen molar-refractivity contribution >= 4 is 11.8 Å². The van der Waals surface area contributed by atoms with Gasteiger partial charge in [0.15, 0.2) is 35.2 Å². The Morgan fingerprint density at radius 2 is 1.03 bits per heavy atom. The van der Waals surface area contributed by atoms with Crippen LogP contribution in [-0.4, -0.2) is 49.3 Å². The maximum Gasteiger partial charge on any atom is 0.220 e. The van der Waals surface area contributed by atoms with Crippen LogP contribution in [0.3, 0.4) is 0 Å². The van der Waals surface area contributed by atoms with E-state index in [1.54, 1.807) is 0 Å². The molecule has 0 spiro atoms. The summed E-state index contributed by atoms with van der Waals surface area (Å²) in [6, 6.07) is 14.9. The number of ether oxygens (including phenoxy) is 4. The van der Waals surface area contributed by atoms with Crippen molar-refractivity contribution in [3.8, 4) is 23.0 Å². The quantitative estimate of drug-likeness (QED) is 0.366. The molecule has 0 aromatic heterocycles. The van der Waals surface area contributed by atoms with E-state index in [0.29, 0.717) is 26.1 Å². The van der Waals surface area contributed by atoms with E-state index in [1.807, 2.05) is 62.4 Å². The highest BCUT2D eigenvalue weighted by molar-refractivity contribution is 5.76. The fourth-order valence-corrected chi connectivity index (χ4v) is 4.68. The van der Waals surface area contributed by atoms with Crippen LogP contribution >= 0.6 is 0 Å². The zero-order valence-corrected chi connectivity index (χ0v) is 22.4. The lowest BCUT2D eigenvalue weighted by molar-refractivity contribution is -0.123. The Bertz CT molecular complexity index is 977. The van der Waals surface area contributed by atoms with Crippen molar-refractivity contribution in [2.75, 3.05) is 13.2 Å². The van der Waals surface area contributed by atoms with Crippen LogP contribution in [0.5, 0.6) is 23.0 Å². The predicted molar refractivity (Wildman–Crippen MR) is 145 cm³/mol. The van der Waals surface area contributed by atoms with Crippen LogP contribution in [0.4, 0.5) is 0 Å². The minimum absolute atomic E-state index is 0.0431. The van der Waals surface area contributed by atoms with Crippen molar-refractivity contribution in [1.29, 1.82) is 0 Å². The van der Waals surface area contributed by atoms with Gasteiger partial charge in [-0.1, -0.05) is 49.9 Å². The van der Waals surface area contributed by atoms with Gasteiger partial charge in [-0.25, -0.2) is 0 Å². The molecule has 206 valence electrons. The fraction of sp³-hybridized carbons (Fsp3) is 0.533. The first-order valence-electron chi connectivity index (χ1n) is 13.9. The number of unbranched alkanes of at least 4 members (excludes halogenated alkanes) is 5. The Labute approximate surface area is 225 Å². The van der Waals surface area contributed by atoms with Crippen LogP contribution in [0.2, 0.25) is 0 Å². The number of benzene rings is 2. The summed E-state index contributed by atoms with van der Waals surface area (Å²) in [4.78, 5) is 24.7. The molecule has 0 saturated heterocycles. The molecule has 0 bridgehead atoms. The van der Waals surface area contributed by atoms with Gasteiger partial charge in [-0.15, -0.1) is 0 Å². The van der Waals surface area contributed by atoms with Crippen molar-refractivity contribution in [2.24, 2.45) is 0 Å². The summed E-state index contributed by atoms with van der Waals surface area (Å²) in [5.74, 6) is 3.01. The molecule has 4 atom stereocenters. The number of hydrogen-bond donors (Lipinski definition) is 2. The molecular weight excluding hydrogens is 484 g/mol. The van der Waals surface area contributed by atoms with E-state index in [2.05, 4.69) is 10.6 Å². The van der Waals surface area contributed by atoms with Crippen molar-refractivity contribution in [1.82, 2.24) is 10.6 Å². The highest BCUT2D eigenvalue weighted by Gasteiger charge is 2.28. The topological polar surface area (TPSA) is 95.1 Å². The van der Waals surface area contributed by atoms with E-state index < -0.39 is 0 Å². The van der Waals surface area contributed by atoms with E-state index in [1.165, 1.54) is 0 Å². The van der Waals surface area contributed by atoms with Gasteiger partial charge in [-0.05, 0) is 51.0 Å². The second-order valence-electron chi connectivity index (χ2n) is 10.2. The normalized spacial score (nSPS) is 19.2. The maximum atomic E-state index is 12.3. The van der Waals surface area contributed by atoms with Crippen molar-refractivity contribution < 1.29 is 28.5 Å². The lowest BCUT2D eigenvalue weighted by atomic mass is 10.1. The number of para-hydroxylation sites is 4. The molecule has 2 N–H and O–H groups in total. The Morgan fingerprint density at radius 1 is 0.658 bits per heavy atom. The monoisotopic (exact) mass is 524 g/mol. The van der Waals surface area contributed by atoms with E-state index in [-0.39, 0.29) is 36.1 Å². The molecule has 2 aromatic rings. The average molecular weight is 525 g/mol. The maximum absolute atomic E-state index is 12.3. The SMILES string of the molecule is CC(NC(=O)CCCCCCCCC(=O)NC(C)C1COc2ccccc2O1)C1COc2ccccc2O1. The van der Waals surface area contributed by atoms with Gasteiger partial charge >= 0.3 is 0 Å². The molecular formula is C30H40N2O6. The molecule has 4 unspecified atom stereocenters. The molecule has 2 heterocycles. The molecule has 2 aliphatic heterocycles. The molecule has 2 amide bonds. The fourth-order valence-electron chi connectivity index (χ4n) is 4.68. The van der Waals surface area contributed by atoms with Crippen LogP contribution < -0.4 is 29.6 Å². The number of amides is 2. The van der Waals surface area contributed by atoms with Gasteiger partial charge in [0.2, 0.25) is 11.8 Å². The first-order valence-corrected chi connectivity index (χ1v) is 13.9. The summed E-state index contributed by atoms with van der Waals surface area (Å²) >= 11 is 0. The standard InChI is InChI=1S/C30H40N2O6/c1-21(27-19-35-23-13-9-11-15-25(23)37-27)31-29(33)17-7-5-3-4-6-8-18-30(34)32-22(2)28-20-36-24-14-10-12-16-26(24)38-28/h9-16,21-22,27-28H,3-8,17-20H2,1-2H3,(H,31,33)(H,32,34). The molecule has 8 heteroatoms. The van der Waals surface area contributed by atoms with Gasteiger partial charge in [-0.3, -0.25) is 9.59 Å². The highest BCUT2D eigenvalue weighted by atomic mass is 16.6. The van der Waals surface area contributed by atoms with Gasteiger partial charge in [0, 0.05) is 12.8 Å². The number of carbonyl (C=O) groups is 2. The molecule has 38 heavy (non-hydrogen) atoms. The Balaban J connectivity index is 1.000. The third kappa shape index (κ3) is 8.04. The third-order valence-electron chi connectivity index (χ3n) is 7.01. The van der Waals surface area contributed by atoms with Crippen LogP contribution in [0, 0.1) is 0 Å². The van der Waals surface area contributed by atoms with E-state index in [0.717, 1.165) is 61.5 Å². The summed E-state index contributed by atoms with van der Waals surface area (Å²) in [5, 5.41) is 6.09. The smallest absolute Gasteiger partial charge is 0.220 e. The zero-order chi connectivity index (χ0) is 26.7. The van der Waals surface area contributed by atoms with Gasteiger partial charge < -0.3 is 29.6 Å². The van der Waals surface area contributed by atoms with Crippen LogP contribution in [0.25, 0.3) is 0 Å². The molecule has 0 aliphatic carbocycles. The predicted octanol–water partition coefficient (Wildman–Crippen LogP) is 4.80. The van der Waals surface area contributed by atoms with E-state index >= 15 is 0 Å². The lowest BCUT2D eigenvalue weighted by Crippen LogP contribution is -2.48. The number of fused-ring (bicyclic) bond motifs is 2. The Kier molecular flexibility index (Phi) is 10.1. The number of carbonyl (C=O) groups excluding carboxylic acids is 2. The van der Waals surface area contributed by atoms with Gasteiger partial charge in [0.25, 0.3) is 0 Å². The van der Waals surface area contributed by atoms with Gasteiger partial charge in [0.1, 0.15) is 13.2 Å². The van der Waals surface area contributed by atoms with Crippen LogP contribution in [0.1, 0.15) is 65.2 Å². The minimum Gasteiger partial charge on any atom is -0.486 e. The largest absolute Gasteiger partial charge is 0.486 e. The number of hydrogen-bond acceptors (Lipinski definition) is 6. The molecule has 4 rings (SSSR count). The van der Waals surface area contributed by atoms with Crippen molar-refractivity contribution in [3.05, 3.63) is 48.5 Å². The third-order valence-corrected chi connectivity index (χ3v) is 7.01. The van der Waals surface area contributed by atoms with Crippen molar-refractivity contribution in [2.45, 2.75) is 89.5 Å². The van der Waals surface area contributed by atoms with E-state index in [4.69, 9.17) is 18.9 Å². The summed E-state index contributed by atoms with van der Waals surface area (Å²) < 4.78 is 23.4. The average Bonchev–Trinajstić information content (AvgIpc) is 2.93. The Morgan fingerprint density at radius 3 is 1.45 bits per heavy atom. The second kappa shape index (κ2) is 13.9. The zero-order valence-electron chi connectivity index (χ0n) is 22.4. The molecule has 2 aliphatic rings. The highest BCUT2D eigenvalue weighted by Crippen LogP contribution is 2.32. The summed E-state index contributed by atoms with van der Waals surface area (Å²) in [7, 11) is 0. The van der Waals surface area contributed by atoms with Crippen LogP contribution in [-0.2, 0) is 9.59 Å². The molecule has 0 saturated carbocycles. The number of nitrogens with one attached hydrogen (secondary N) is 2. The summed E-state index contributed by atoms with van der Waals surface area (Å²) in [5.41, 5.74) is 0. The van der Waals surface area contributed by atoms with Gasteiger partial charge in [-0.2, -0.15) is 0 Å². The van der Waals surface area contributed by atoms with Gasteiger partial charge in [0.05, 0.1) is 12.1 Å². The van der Waals surface area contributed by atoms with Crippen molar-refractivity contribution in [3.63, 3.8) is 0 Å². The molecule has 8 nitrogen and oxygen atoms in total. The lowest BCUT2D eigenvalue weighted by Gasteiger charge is -2.30. The summed E-state index contributed by atoms with van der Waals surface area (Å²) in [6.45, 7) is 4.75. The minimum atomic E-state index is -0.200. The molecule has 2 aromatic carbocycles. The summed E-state index contributed by atoms with van der Waals surface area (Å²) in [6.07, 6.45) is 6.45. The first-order chi connectivity index (χ1) is 18.5. The van der Waals surface area contributed by atoms with Crippen LogP contribution in [0.15, 0.2) is 48.5 Å². The molecule has 0 radical (unpaired) electrons. The van der Waals surface area contributed by atoms with E-state index in [9.17, 15) is 9.59 Å². The molecule has 0 fully saturated rings. The Hall–Kier alpha value is -3.42. The second-order valence-corrected chi connectivity index (χ2v) is 10.2. The number of rotatable bonds is 13.